The van der Waals surface area contributed by atoms with E-state index in [4.69, 9.17) is 4.74 Å². The molecule has 1 aliphatic carbocycles. The van der Waals surface area contributed by atoms with E-state index in [1.54, 1.807) is 6.21 Å². The summed E-state index contributed by atoms with van der Waals surface area (Å²) >= 11 is 0. The van der Waals surface area contributed by atoms with Crippen molar-refractivity contribution in [1.29, 1.82) is 0 Å². The van der Waals surface area contributed by atoms with Crippen molar-refractivity contribution in [2.75, 3.05) is 6.61 Å². The molecule has 4 nitrogen and oxygen atoms in total. The maximum absolute atomic E-state index is 11.3. The first-order valence-corrected chi connectivity index (χ1v) is 5.85. The summed E-state index contributed by atoms with van der Waals surface area (Å²) < 4.78 is 5.33. The van der Waals surface area contributed by atoms with Gasteiger partial charge in [-0.1, -0.05) is 0 Å². The fourth-order valence-corrected chi connectivity index (χ4v) is 1.42. The highest BCUT2D eigenvalue weighted by Gasteiger charge is 2.29. The minimum absolute atomic E-state index is 0.0205. The van der Waals surface area contributed by atoms with Gasteiger partial charge in [0.1, 0.15) is 5.75 Å². The van der Waals surface area contributed by atoms with Crippen LogP contribution in [0.3, 0.4) is 0 Å². The molecular formula is C13H16N2O2. The average Bonchev–Trinajstić information content (AvgIpc) is 3.15. The van der Waals surface area contributed by atoms with Crippen LogP contribution in [0.5, 0.6) is 5.75 Å². The van der Waals surface area contributed by atoms with Crippen molar-refractivity contribution < 1.29 is 9.53 Å². The van der Waals surface area contributed by atoms with Gasteiger partial charge in [-0.25, -0.2) is 5.43 Å². The quantitative estimate of drug-likeness (QED) is 0.623. The molecular weight excluding hydrogens is 216 g/mol. The Morgan fingerprint density at radius 3 is 2.76 bits per heavy atom. The van der Waals surface area contributed by atoms with Crippen LogP contribution in [0.15, 0.2) is 29.4 Å². The zero-order valence-electron chi connectivity index (χ0n) is 9.85. The molecule has 0 aromatic heterocycles. The normalized spacial score (nSPS) is 14.9. The molecule has 1 aliphatic rings. The summed E-state index contributed by atoms with van der Waals surface area (Å²) in [6.07, 6.45) is 3.62. The Morgan fingerprint density at radius 2 is 2.18 bits per heavy atom. The number of carbonyl (C=O) groups is 1. The van der Waals surface area contributed by atoms with E-state index in [9.17, 15) is 4.79 Å². The van der Waals surface area contributed by atoms with Crippen LogP contribution in [0.2, 0.25) is 0 Å². The number of hydrogen-bond acceptors (Lipinski definition) is 3. The van der Waals surface area contributed by atoms with Gasteiger partial charge in [0.25, 0.3) is 0 Å². The number of hydrazone groups is 1. The zero-order chi connectivity index (χ0) is 12.1. The molecule has 0 radical (unpaired) electrons. The van der Waals surface area contributed by atoms with Crippen molar-refractivity contribution >= 4 is 12.1 Å². The van der Waals surface area contributed by atoms with Crippen LogP contribution < -0.4 is 10.2 Å². The predicted molar refractivity (Wildman–Crippen MR) is 66.1 cm³/mol. The van der Waals surface area contributed by atoms with Crippen molar-refractivity contribution in [2.24, 2.45) is 11.0 Å². The lowest BCUT2D eigenvalue weighted by molar-refractivity contribution is -0.122. The average molecular weight is 232 g/mol. The van der Waals surface area contributed by atoms with E-state index in [1.807, 2.05) is 31.2 Å². The number of nitrogens with zero attached hydrogens (tertiary/aromatic N) is 1. The van der Waals surface area contributed by atoms with E-state index in [0.717, 1.165) is 24.2 Å². The Bertz CT molecular complexity index is 408. The number of nitrogens with one attached hydrogen (secondary N) is 1. The van der Waals surface area contributed by atoms with E-state index in [0.29, 0.717) is 6.61 Å². The molecule has 0 saturated heterocycles. The van der Waals surface area contributed by atoms with Crippen LogP contribution in [-0.4, -0.2) is 18.7 Å². The van der Waals surface area contributed by atoms with Crippen LogP contribution in [0.4, 0.5) is 0 Å². The summed E-state index contributed by atoms with van der Waals surface area (Å²) in [6.45, 7) is 2.60. The molecule has 1 aromatic carbocycles. The molecule has 90 valence electrons. The van der Waals surface area contributed by atoms with Gasteiger partial charge >= 0.3 is 0 Å². The van der Waals surface area contributed by atoms with Crippen LogP contribution in [0.1, 0.15) is 25.3 Å². The first-order chi connectivity index (χ1) is 8.29. The molecule has 1 saturated carbocycles. The topological polar surface area (TPSA) is 50.7 Å². The van der Waals surface area contributed by atoms with Crippen molar-refractivity contribution in [3.8, 4) is 5.75 Å². The number of ether oxygens (including phenoxy) is 1. The standard InChI is InChI=1S/C13H16N2O2/c1-2-17-12-7-3-10(4-8-12)9-14-15-13(16)11-5-6-11/h3-4,7-9,11H,2,5-6H2,1H3,(H,15,16)/b14-9+. The van der Waals surface area contributed by atoms with Crippen molar-refractivity contribution in [1.82, 2.24) is 5.43 Å². The predicted octanol–water partition coefficient (Wildman–Crippen LogP) is 1.95. The van der Waals surface area contributed by atoms with Crippen molar-refractivity contribution in [3.05, 3.63) is 29.8 Å². The third-order valence-corrected chi connectivity index (χ3v) is 2.53. The van der Waals surface area contributed by atoms with Gasteiger partial charge in [0, 0.05) is 5.92 Å². The summed E-state index contributed by atoms with van der Waals surface area (Å²) in [5, 5.41) is 3.91. The molecule has 0 aliphatic heterocycles. The zero-order valence-corrected chi connectivity index (χ0v) is 9.85. The highest BCUT2D eigenvalue weighted by Crippen LogP contribution is 2.28. The van der Waals surface area contributed by atoms with E-state index in [2.05, 4.69) is 10.5 Å². The van der Waals surface area contributed by atoms with Gasteiger partial charge in [-0.3, -0.25) is 4.79 Å². The lowest BCUT2D eigenvalue weighted by atomic mass is 10.2. The van der Waals surface area contributed by atoms with Gasteiger partial charge in [0.2, 0.25) is 5.91 Å². The van der Waals surface area contributed by atoms with Gasteiger partial charge in [-0.15, -0.1) is 0 Å². The number of amides is 1. The van der Waals surface area contributed by atoms with Gasteiger partial charge in [0.15, 0.2) is 0 Å². The summed E-state index contributed by atoms with van der Waals surface area (Å²) in [7, 11) is 0. The van der Waals surface area contributed by atoms with E-state index in [-0.39, 0.29) is 11.8 Å². The molecule has 0 unspecified atom stereocenters. The van der Waals surface area contributed by atoms with Gasteiger partial charge in [0.05, 0.1) is 12.8 Å². The number of rotatable bonds is 5. The molecule has 17 heavy (non-hydrogen) atoms. The number of hydrogen-bond donors (Lipinski definition) is 1. The molecule has 0 atom stereocenters. The van der Waals surface area contributed by atoms with Crippen LogP contribution >= 0.6 is 0 Å². The van der Waals surface area contributed by atoms with E-state index in [1.165, 1.54) is 0 Å². The lowest BCUT2D eigenvalue weighted by Crippen LogP contribution is -2.18. The minimum atomic E-state index is 0.0205. The Labute approximate surface area is 101 Å². The molecule has 1 amide bonds. The van der Waals surface area contributed by atoms with Crippen LogP contribution in [0.25, 0.3) is 0 Å². The maximum atomic E-state index is 11.3. The smallest absolute Gasteiger partial charge is 0.243 e. The summed E-state index contributed by atoms with van der Waals surface area (Å²) in [5.41, 5.74) is 3.47. The fraction of sp³-hybridized carbons (Fsp3) is 0.385. The van der Waals surface area contributed by atoms with E-state index >= 15 is 0 Å². The molecule has 1 fully saturated rings. The van der Waals surface area contributed by atoms with Crippen molar-refractivity contribution in [3.63, 3.8) is 0 Å². The van der Waals surface area contributed by atoms with Crippen LogP contribution in [-0.2, 0) is 4.79 Å². The highest BCUT2D eigenvalue weighted by molar-refractivity contribution is 5.84. The second kappa shape index (κ2) is 5.48. The molecule has 0 bridgehead atoms. The number of carbonyl (C=O) groups excluding carboxylic acids is 1. The first-order valence-electron chi connectivity index (χ1n) is 5.85. The third kappa shape index (κ3) is 3.59. The van der Waals surface area contributed by atoms with Gasteiger partial charge < -0.3 is 4.74 Å². The number of benzene rings is 1. The largest absolute Gasteiger partial charge is 0.494 e. The fourth-order valence-electron chi connectivity index (χ4n) is 1.42. The maximum Gasteiger partial charge on any atom is 0.243 e. The third-order valence-electron chi connectivity index (χ3n) is 2.53. The molecule has 2 rings (SSSR count). The summed E-state index contributed by atoms with van der Waals surface area (Å²) in [5.74, 6) is 1.05. The second-order valence-electron chi connectivity index (χ2n) is 4.01. The minimum Gasteiger partial charge on any atom is -0.494 e. The molecule has 1 N–H and O–H groups in total. The second-order valence-corrected chi connectivity index (χ2v) is 4.01. The Balaban J connectivity index is 1.84. The Hall–Kier alpha value is -1.84. The monoisotopic (exact) mass is 232 g/mol. The molecule has 4 heteroatoms. The highest BCUT2D eigenvalue weighted by atomic mass is 16.5. The van der Waals surface area contributed by atoms with Crippen molar-refractivity contribution in [2.45, 2.75) is 19.8 Å². The first kappa shape index (κ1) is 11.6. The summed E-state index contributed by atoms with van der Waals surface area (Å²) in [4.78, 5) is 11.3. The van der Waals surface area contributed by atoms with Gasteiger partial charge in [-0.05, 0) is 49.6 Å². The molecule has 0 spiro atoms. The van der Waals surface area contributed by atoms with E-state index < -0.39 is 0 Å². The summed E-state index contributed by atoms with van der Waals surface area (Å²) in [6, 6.07) is 7.57. The SMILES string of the molecule is CCOc1ccc(/C=N/NC(=O)C2CC2)cc1. The van der Waals surface area contributed by atoms with Gasteiger partial charge in [-0.2, -0.15) is 5.10 Å². The molecule has 1 aromatic rings. The van der Waals surface area contributed by atoms with Crippen LogP contribution in [0, 0.1) is 5.92 Å². The molecule has 0 heterocycles. The lowest BCUT2D eigenvalue weighted by Gasteiger charge is -2.02. The Kier molecular flexibility index (Phi) is 3.75. The Morgan fingerprint density at radius 1 is 1.47 bits per heavy atom.